The Balaban J connectivity index is 1.92. The Morgan fingerprint density at radius 2 is 2.14 bits per heavy atom. The normalized spacial score (nSPS) is 15.8. The van der Waals surface area contributed by atoms with Gasteiger partial charge in [0.15, 0.2) is 0 Å². The Bertz CT molecular complexity index is 897. The van der Waals surface area contributed by atoms with Crippen LogP contribution in [0.3, 0.4) is 0 Å². The van der Waals surface area contributed by atoms with Crippen molar-refractivity contribution in [2.75, 3.05) is 17.7 Å². The summed E-state index contributed by atoms with van der Waals surface area (Å²) in [4.78, 5) is 17.4. The molecule has 0 radical (unpaired) electrons. The van der Waals surface area contributed by atoms with Crippen molar-refractivity contribution in [2.45, 2.75) is 57.7 Å². The van der Waals surface area contributed by atoms with Crippen molar-refractivity contribution in [1.82, 2.24) is 14.8 Å². The second-order valence-corrected chi connectivity index (χ2v) is 8.41. The van der Waals surface area contributed by atoms with Gasteiger partial charge >= 0.3 is 5.97 Å². The van der Waals surface area contributed by atoms with Gasteiger partial charge in [0.1, 0.15) is 6.04 Å². The first-order valence-corrected chi connectivity index (χ1v) is 11.4. The fraction of sp³-hybridized carbons (Fsp3) is 0.476. The lowest BCUT2D eigenvalue weighted by molar-refractivity contribution is -0.139. The van der Waals surface area contributed by atoms with Crippen LogP contribution in [-0.2, 0) is 9.53 Å². The molecule has 1 aromatic carbocycles. The second kappa shape index (κ2) is 10.2. The van der Waals surface area contributed by atoms with Gasteiger partial charge in [-0.15, -0.1) is 5.10 Å². The largest absolute Gasteiger partial charge is 0.463 e. The van der Waals surface area contributed by atoms with Crippen molar-refractivity contribution in [3.63, 3.8) is 0 Å². The van der Waals surface area contributed by atoms with Crippen LogP contribution in [0.1, 0.15) is 58.1 Å². The molecule has 1 unspecified atom stereocenters. The molecule has 3 rings (SSSR count). The van der Waals surface area contributed by atoms with Crippen molar-refractivity contribution < 1.29 is 9.53 Å². The molecule has 2 heterocycles. The van der Waals surface area contributed by atoms with E-state index in [1.165, 1.54) is 19.3 Å². The Kier molecular flexibility index (Phi) is 7.61. The molecule has 0 spiro atoms. The number of anilines is 1. The van der Waals surface area contributed by atoms with Gasteiger partial charge in [-0.1, -0.05) is 61.7 Å². The van der Waals surface area contributed by atoms with Gasteiger partial charge in [0.25, 0.3) is 0 Å². The molecule has 2 aromatic rings. The molecule has 0 saturated heterocycles. The number of halogens is 1. The number of carbonyl (C=O) groups is 1. The summed E-state index contributed by atoms with van der Waals surface area (Å²) in [5.41, 5.74) is 2.10. The minimum atomic E-state index is -0.439. The number of rotatable bonds is 9. The number of carbonyl (C=O) groups excluding carboxylic acids is 1. The molecule has 0 bridgehead atoms. The number of aromatic nitrogens is 3. The van der Waals surface area contributed by atoms with E-state index in [0.717, 1.165) is 17.7 Å². The maximum atomic E-state index is 12.7. The summed E-state index contributed by atoms with van der Waals surface area (Å²) in [6.07, 6.45) is 4.82. The predicted molar refractivity (Wildman–Crippen MR) is 117 cm³/mol. The summed E-state index contributed by atoms with van der Waals surface area (Å²) in [6, 6.07) is 7.04. The topological polar surface area (TPSA) is 69.0 Å². The Labute approximate surface area is 181 Å². The van der Waals surface area contributed by atoms with Gasteiger partial charge in [-0.2, -0.15) is 4.98 Å². The highest BCUT2D eigenvalue weighted by Gasteiger charge is 2.35. The molecule has 0 fully saturated rings. The number of hydrogen-bond donors (Lipinski definition) is 1. The third kappa shape index (κ3) is 5.14. The number of hydrogen-bond acceptors (Lipinski definition) is 6. The van der Waals surface area contributed by atoms with E-state index in [1.54, 1.807) is 23.4 Å². The summed E-state index contributed by atoms with van der Waals surface area (Å²) in [6.45, 7) is 6.17. The number of nitrogens with one attached hydrogen (secondary N) is 1. The maximum Gasteiger partial charge on any atom is 0.338 e. The molecule has 1 atom stereocenters. The highest BCUT2D eigenvalue weighted by atomic mass is 35.5. The fourth-order valence-electron chi connectivity index (χ4n) is 3.34. The summed E-state index contributed by atoms with van der Waals surface area (Å²) in [5, 5.41) is 9.23. The van der Waals surface area contributed by atoms with Crippen molar-refractivity contribution in [2.24, 2.45) is 0 Å². The van der Waals surface area contributed by atoms with Crippen LogP contribution < -0.4 is 5.32 Å². The first kappa shape index (κ1) is 21.7. The number of nitrogens with zero attached hydrogens (tertiary/aromatic N) is 3. The summed E-state index contributed by atoms with van der Waals surface area (Å²) >= 11 is 7.88. The third-order valence-corrected chi connectivity index (χ3v) is 5.88. The van der Waals surface area contributed by atoms with Crippen LogP contribution in [0.4, 0.5) is 5.95 Å². The van der Waals surface area contributed by atoms with Crippen LogP contribution in [-0.4, -0.2) is 33.1 Å². The van der Waals surface area contributed by atoms with Gasteiger partial charge in [-0.3, -0.25) is 0 Å². The number of ether oxygens (including phenoxy) is 1. The van der Waals surface area contributed by atoms with Crippen molar-refractivity contribution >= 4 is 35.3 Å². The van der Waals surface area contributed by atoms with Crippen molar-refractivity contribution in [3.8, 4) is 0 Å². The summed E-state index contributed by atoms with van der Waals surface area (Å²) < 4.78 is 7.08. The number of unbranched alkanes of at least 4 members (excludes halogenated alkanes) is 3. The first-order chi connectivity index (χ1) is 14.0. The Morgan fingerprint density at radius 3 is 2.86 bits per heavy atom. The molecule has 1 N–H and O–H groups in total. The summed E-state index contributed by atoms with van der Waals surface area (Å²) in [7, 11) is 0. The van der Waals surface area contributed by atoms with E-state index in [0.29, 0.717) is 34.0 Å². The number of thioether (sulfide) groups is 1. The van der Waals surface area contributed by atoms with Gasteiger partial charge in [-0.05, 0) is 38.0 Å². The second-order valence-electron chi connectivity index (χ2n) is 6.91. The van der Waals surface area contributed by atoms with Gasteiger partial charge in [-0.25, -0.2) is 9.48 Å². The lowest BCUT2D eigenvalue weighted by Gasteiger charge is -2.28. The molecule has 0 saturated carbocycles. The van der Waals surface area contributed by atoms with Gasteiger partial charge in [0, 0.05) is 16.5 Å². The van der Waals surface area contributed by atoms with Crippen molar-refractivity contribution in [3.05, 3.63) is 46.1 Å². The lowest BCUT2D eigenvalue weighted by Crippen LogP contribution is -2.29. The van der Waals surface area contributed by atoms with Crippen LogP contribution >= 0.6 is 23.4 Å². The summed E-state index contributed by atoms with van der Waals surface area (Å²) in [5.74, 6) is 1.23. The highest BCUT2D eigenvalue weighted by Crippen LogP contribution is 2.37. The maximum absolute atomic E-state index is 12.7. The quantitative estimate of drug-likeness (QED) is 0.321. The first-order valence-electron chi connectivity index (χ1n) is 10.0. The zero-order valence-corrected chi connectivity index (χ0v) is 18.6. The molecule has 1 aliphatic heterocycles. The van der Waals surface area contributed by atoms with Crippen LogP contribution in [0, 0.1) is 0 Å². The van der Waals surface area contributed by atoms with E-state index in [2.05, 4.69) is 17.2 Å². The van der Waals surface area contributed by atoms with Gasteiger partial charge < -0.3 is 10.1 Å². The number of fused-ring (bicyclic) bond motifs is 1. The molecule has 156 valence electrons. The monoisotopic (exact) mass is 434 g/mol. The van der Waals surface area contributed by atoms with E-state index >= 15 is 0 Å². The zero-order chi connectivity index (χ0) is 20.8. The van der Waals surface area contributed by atoms with Crippen LogP contribution in [0.2, 0.25) is 5.02 Å². The molecular formula is C21H27ClN4O2S. The molecule has 0 aliphatic carbocycles. The SMILES string of the molecule is CCCCCCSc1nc2n(n1)C(c1cccc(Cl)c1)C(C(=O)OCC)=C(C)N2. The minimum absolute atomic E-state index is 0.307. The predicted octanol–water partition coefficient (Wildman–Crippen LogP) is 5.46. The van der Waals surface area contributed by atoms with Crippen molar-refractivity contribution in [1.29, 1.82) is 0 Å². The molecule has 8 heteroatoms. The van der Waals surface area contributed by atoms with Crippen LogP contribution in [0.25, 0.3) is 0 Å². The molecule has 1 aliphatic rings. The van der Waals surface area contributed by atoms with Crippen LogP contribution in [0.15, 0.2) is 40.7 Å². The van der Waals surface area contributed by atoms with Crippen LogP contribution in [0.5, 0.6) is 0 Å². The van der Waals surface area contributed by atoms with Gasteiger partial charge in [0.05, 0.1) is 12.2 Å². The molecule has 0 amide bonds. The number of esters is 1. The molecule has 29 heavy (non-hydrogen) atoms. The average molecular weight is 435 g/mol. The van der Waals surface area contributed by atoms with E-state index in [1.807, 2.05) is 31.2 Å². The number of allylic oxidation sites excluding steroid dienone is 1. The molecule has 1 aromatic heterocycles. The zero-order valence-electron chi connectivity index (χ0n) is 17.1. The average Bonchev–Trinajstić information content (AvgIpc) is 3.09. The smallest absolute Gasteiger partial charge is 0.338 e. The van der Waals surface area contributed by atoms with E-state index in [9.17, 15) is 4.79 Å². The van der Waals surface area contributed by atoms with E-state index in [4.69, 9.17) is 21.4 Å². The van der Waals surface area contributed by atoms with E-state index in [-0.39, 0.29) is 5.97 Å². The number of benzene rings is 1. The molecule has 6 nitrogen and oxygen atoms in total. The Morgan fingerprint density at radius 1 is 1.31 bits per heavy atom. The fourth-order valence-corrected chi connectivity index (χ4v) is 4.37. The standard InChI is InChI=1S/C21H27ClN4O2S/c1-4-6-7-8-12-29-21-24-20-23-14(3)17(19(27)28-5-2)18(26(20)25-21)15-10-9-11-16(22)13-15/h9-11,13,18H,4-8,12H2,1-3H3,(H,23,24,25). The minimum Gasteiger partial charge on any atom is -0.463 e. The lowest BCUT2D eigenvalue weighted by atomic mass is 9.96. The Hall–Kier alpha value is -1.99. The third-order valence-electron chi connectivity index (χ3n) is 4.72. The van der Waals surface area contributed by atoms with Gasteiger partial charge in [0.2, 0.25) is 11.1 Å². The molecular weight excluding hydrogens is 408 g/mol. The highest BCUT2D eigenvalue weighted by molar-refractivity contribution is 7.99. The van der Waals surface area contributed by atoms with E-state index < -0.39 is 6.04 Å².